The van der Waals surface area contributed by atoms with Gasteiger partial charge in [0.05, 0.1) is 22.7 Å². The Morgan fingerprint density at radius 3 is 2.62 bits per heavy atom. The molecule has 1 atom stereocenters. The molecule has 0 aromatic heterocycles. The van der Waals surface area contributed by atoms with Crippen molar-refractivity contribution in [1.82, 2.24) is 5.32 Å². The maximum absolute atomic E-state index is 11.8. The molecule has 0 unspecified atom stereocenters. The van der Waals surface area contributed by atoms with Crippen LogP contribution in [0.15, 0.2) is 18.2 Å². The molecule has 5 nitrogen and oxygen atoms in total. The molecular weight excluding hydrogens is 290 g/mol. The summed E-state index contributed by atoms with van der Waals surface area (Å²) in [4.78, 5) is 11.8. The third kappa shape index (κ3) is 4.37. The van der Waals surface area contributed by atoms with Crippen molar-refractivity contribution in [3.8, 4) is 17.9 Å². The van der Waals surface area contributed by atoms with Crippen LogP contribution >= 0.6 is 11.6 Å². The Kier molecular flexibility index (Phi) is 5.58. The van der Waals surface area contributed by atoms with Crippen LogP contribution in [0.1, 0.15) is 26.3 Å². The minimum atomic E-state index is -0.950. The lowest BCUT2D eigenvalue weighted by Gasteiger charge is -2.27. The van der Waals surface area contributed by atoms with E-state index in [1.54, 1.807) is 13.0 Å². The SMILES string of the molecule is CC(C)[C@@](C)(C#N)NC(=O)COc1ccc(C#N)cc1Cl. The Bertz CT molecular complexity index is 616. The average Bonchev–Trinajstić information content (AvgIpc) is 2.45. The lowest BCUT2D eigenvalue weighted by molar-refractivity contribution is -0.124. The molecule has 0 heterocycles. The van der Waals surface area contributed by atoms with Crippen LogP contribution in [0.2, 0.25) is 5.02 Å². The number of ether oxygens (including phenoxy) is 1. The third-order valence-corrected chi connectivity index (χ3v) is 3.50. The summed E-state index contributed by atoms with van der Waals surface area (Å²) >= 11 is 5.94. The molecule has 110 valence electrons. The molecule has 0 fully saturated rings. The lowest BCUT2D eigenvalue weighted by atomic mass is 9.90. The first kappa shape index (κ1) is 16.8. The molecule has 0 radical (unpaired) electrons. The minimum absolute atomic E-state index is 0.0371. The largest absolute Gasteiger partial charge is 0.482 e. The summed E-state index contributed by atoms with van der Waals surface area (Å²) in [6.07, 6.45) is 0. The van der Waals surface area contributed by atoms with Crippen molar-refractivity contribution in [3.05, 3.63) is 28.8 Å². The van der Waals surface area contributed by atoms with Crippen LogP contribution < -0.4 is 10.1 Å². The third-order valence-electron chi connectivity index (χ3n) is 3.21. The van der Waals surface area contributed by atoms with Gasteiger partial charge in [0.15, 0.2) is 6.61 Å². The molecule has 6 heteroatoms. The summed E-state index contributed by atoms with van der Waals surface area (Å²) in [7, 11) is 0. The summed E-state index contributed by atoms with van der Waals surface area (Å²) in [5, 5.41) is 20.8. The van der Waals surface area contributed by atoms with Gasteiger partial charge in [-0.2, -0.15) is 10.5 Å². The van der Waals surface area contributed by atoms with Gasteiger partial charge in [-0.15, -0.1) is 0 Å². The smallest absolute Gasteiger partial charge is 0.259 e. The van der Waals surface area contributed by atoms with Gasteiger partial charge in [0, 0.05) is 0 Å². The number of carbonyl (C=O) groups is 1. The zero-order valence-electron chi connectivity index (χ0n) is 12.1. The molecule has 1 aromatic rings. The first-order chi connectivity index (χ1) is 9.82. The maximum Gasteiger partial charge on any atom is 0.259 e. The summed E-state index contributed by atoms with van der Waals surface area (Å²) in [6, 6.07) is 8.58. The van der Waals surface area contributed by atoms with Gasteiger partial charge in [0.1, 0.15) is 11.3 Å². The molecule has 1 N–H and O–H groups in total. The van der Waals surface area contributed by atoms with E-state index in [1.165, 1.54) is 12.1 Å². The van der Waals surface area contributed by atoms with Crippen LogP contribution in [0, 0.1) is 28.6 Å². The zero-order chi connectivity index (χ0) is 16.0. The Balaban J connectivity index is 2.66. The number of nitrogens with zero attached hydrogens (tertiary/aromatic N) is 2. The van der Waals surface area contributed by atoms with Gasteiger partial charge in [-0.1, -0.05) is 25.4 Å². The molecule has 0 bridgehead atoms. The number of halogens is 1. The molecule has 0 aliphatic carbocycles. The van der Waals surface area contributed by atoms with Crippen molar-refractivity contribution in [1.29, 1.82) is 10.5 Å². The number of hydrogen-bond acceptors (Lipinski definition) is 4. The summed E-state index contributed by atoms with van der Waals surface area (Å²) in [6.45, 7) is 5.10. The van der Waals surface area contributed by atoms with Crippen LogP contribution in [0.25, 0.3) is 0 Å². The van der Waals surface area contributed by atoms with Crippen molar-refractivity contribution < 1.29 is 9.53 Å². The first-order valence-electron chi connectivity index (χ1n) is 6.37. The molecular formula is C15H16ClN3O2. The Hall–Kier alpha value is -2.24. The molecule has 0 saturated carbocycles. The van der Waals surface area contributed by atoms with E-state index < -0.39 is 11.4 Å². The molecule has 1 aromatic carbocycles. The second-order valence-electron chi connectivity index (χ2n) is 5.06. The molecule has 1 amide bonds. The average molecular weight is 306 g/mol. The molecule has 0 spiro atoms. The normalized spacial score (nSPS) is 12.9. The van der Waals surface area contributed by atoms with Crippen molar-refractivity contribution in [2.45, 2.75) is 26.3 Å². The highest BCUT2D eigenvalue weighted by Crippen LogP contribution is 2.25. The Morgan fingerprint density at radius 1 is 1.48 bits per heavy atom. The first-order valence-corrected chi connectivity index (χ1v) is 6.75. The van der Waals surface area contributed by atoms with Crippen LogP contribution in [0.4, 0.5) is 0 Å². The van der Waals surface area contributed by atoms with Crippen molar-refractivity contribution in [3.63, 3.8) is 0 Å². The quantitative estimate of drug-likeness (QED) is 0.906. The highest BCUT2D eigenvalue weighted by molar-refractivity contribution is 6.32. The Morgan fingerprint density at radius 2 is 2.14 bits per heavy atom. The number of carbonyl (C=O) groups excluding carboxylic acids is 1. The fraction of sp³-hybridized carbons (Fsp3) is 0.400. The van der Waals surface area contributed by atoms with E-state index in [4.69, 9.17) is 26.9 Å². The minimum Gasteiger partial charge on any atom is -0.482 e. The standard InChI is InChI=1S/C15H16ClN3O2/c1-10(2)15(3,9-18)19-14(20)8-21-13-5-4-11(7-17)6-12(13)16/h4-6,10H,8H2,1-3H3,(H,19,20)/t15-/m1/s1. The molecule has 1 rings (SSSR count). The van der Waals surface area contributed by atoms with Crippen molar-refractivity contribution in [2.75, 3.05) is 6.61 Å². The van der Waals surface area contributed by atoms with Crippen molar-refractivity contribution in [2.24, 2.45) is 5.92 Å². The summed E-state index contributed by atoms with van der Waals surface area (Å²) in [5.74, 6) is -0.132. The van der Waals surface area contributed by atoms with E-state index in [0.29, 0.717) is 11.3 Å². The van der Waals surface area contributed by atoms with Gasteiger partial charge >= 0.3 is 0 Å². The summed E-state index contributed by atoms with van der Waals surface area (Å²) in [5.41, 5.74) is -0.539. The van der Waals surface area contributed by atoms with Crippen LogP contribution in [0.5, 0.6) is 5.75 Å². The zero-order valence-corrected chi connectivity index (χ0v) is 12.9. The fourth-order valence-corrected chi connectivity index (χ4v) is 1.69. The topological polar surface area (TPSA) is 85.9 Å². The van der Waals surface area contributed by atoms with E-state index in [2.05, 4.69) is 11.4 Å². The van der Waals surface area contributed by atoms with E-state index in [9.17, 15) is 4.79 Å². The number of rotatable bonds is 5. The molecule has 21 heavy (non-hydrogen) atoms. The number of benzene rings is 1. The second kappa shape index (κ2) is 6.97. The van der Waals surface area contributed by atoms with Gasteiger partial charge in [-0.05, 0) is 31.0 Å². The van der Waals surface area contributed by atoms with E-state index in [1.807, 2.05) is 19.9 Å². The monoisotopic (exact) mass is 305 g/mol. The maximum atomic E-state index is 11.8. The highest BCUT2D eigenvalue weighted by atomic mass is 35.5. The van der Waals surface area contributed by atoms with Crippen LogP contribution in [-0.2, 0) is 4.79 Å². The highest BCUT2D eigenvalue weighted by Gasteiger charge is 2.30. The van der Waals surface area contributed by atoms with Gasteiger partial charge in [-0.3, -0.25) is 4.79 Å². The van der Waals surface area contributed by atoms with E-state index in [0.717, 1.165) is 0 Å². The molecule has 0 saturated heterocycles. The van der Waals surface area contributed by atoms with E-state index in [-0.39, 0.29) is 17.5 Å². The van der Waals surface area contributed by atoms with Gasteiger partial charge in [0.25, 0.3) is 5.91 Å². The number of hydrogen-bond donors (Lipinski definition) is 1. The van der Waals surface area contributed by atoms with Crippen LogP contribution in [-0.4, -0.2) is 18.1 Å². The molecule has 0 aliphatic heterocycles. The number of amides is 1. The Labute approximate surface area is 129 Å². The summed E-state index contributed by atoms with van der Waals surface area (Å²) < 4.78 is 5.31. The predicted octanol–water partition coefficient (Wildman–Crippen LogP) is 2.64. The van der Waals surface area contributed by atoms with Crippen LogP contribution in [0.3, 0.4) is 0 Å². The van der Waals surface area contributed by atoms with Gasteiger partial charge in [0.2, 0.25) is 0 Å². The van der Waals surface area contributed by atoms with Crippen molar-refractivity contribution >= 4 is 17.5 Å². The van der Waals surface area contributed by atoms with Gasteiger partial charge < -0.3 is 10.1 Å². The molecule has 0 aliphatic rings. The number of nitriles is 2. The lowest BCUT2D eigenvalue weighted by Crippen LogP contribution is -2.50. The van der Waals surface area contributed by atoms with Gasteiger partial charge in [-0.25, -0.2) is 0 Å². The predicted molar refractivity (Wildman–Crippen MR) is 78.7 cm³/mol. The fourth-order valence-electron chi connectivity index (χ4n) is 1.46. The second-order valence-corrected chi connectivity index (χ2v) is 5.47. The number of nitrogens with one attached hydrogen (secondary N) is 1. The van der Waals surface area contributed by atoms with E-state index >= 15 is 0 Å².